The molecule has 5 rings (SSSR count). The Morgan fingerprint density at radius 2 is 1.94 bits per heavy atom. The van der Waals surface area contributed by atoms with Crippen LogP contribution in [0.4, 0.5) is 0 Å². The lowest BCUT2D eigenvalue weighted by molar-refractivity contribution is -0.140. The van der Waals surface area contributed by atoms with Gasteiger partial charge in [-0.2, -0.15) is 0 Å². The lowest BCUT2D eigenvalue weighted by Crippen LogP contribution is -2.29. The minimum Gasteiger partial charge on any atom is -0.507 e. The van der Waals surface area contributed by atoms with Crippen LogP contribution in [-0.4, -0.2) is 37.8 Å². The molecule has 1 atom stereocenters. The lowest BCUT2D eigenvalue weighted by Gasteiger charge is -2.25. The Balaban J connectivity index is 1.68. The zero-order chi connectivity index (χ0) is 24.5. The molecule has 1 aliphatic rings. The number of ether oxygens (including phenoxy) is 1. The summed E-state index contributed by atoms with van der Waals surface area (Å²) in [5, 5.41) is 12.3. The van der Waals surface area contributed by atoms with Gasteiger partial charge in [-0.1, -0.05) is 36.4 Å². The van der Waals surface area contributed by atoms with Gasteiger partial charge in [0, 0.05) is 47.2 Å². The highest BCUT2D eigenvalue weighted by atomic mass is 16.5. The molecule has 0 saturated carbocycles. The van der Waals surface area contributed by atoms with Gasteiger partial charge in [0.25, 0.3) is 11.7 Å². The zero-order valence-corrected chi connectivity index (χ0v) is 19.4. The van der Waals surface area contributed by atoms with Crippen LogP contribution in [0.25, 0.3) is 16.7 Å². The number of likely N-dealkylation sites (tertiary alicyclic amines) is 1. The maximum atomic E-state index is 13.4. The maximum absolute atomic E-state index is 13.4. The number of nitrogens with one attached hydrogen (secondary N) is 1. The second kappa shape index (κ2) is 9.10. The molecule has 1 unspecified atom stereocenters. The van der Waals surface area contributed by atoms with Crippen molar-refractivity contribution < 1.29 is 19.4 Å². The molecular formula is C28H25N3O4. The first kappa shape index (κ1) is 22.4. The third-order valence-corrected chi connectivity index (χ3v) is 6.01. The van der Waals surface area contributed by atoms with Gasteiger partial charge in [0.2, 0.25) is 0 Å². The fourth-order valence-corrected chi connectivity index (χ4v) is 4.52. The number of ketones is 1. The monoisotopic (exact) mass is 467 g/mol. The van der Waals surface area contributed by atoms with Crippen molar-refractivity contribution in [2.75, 3.05) is 0 Å². The van der Waals surface area contributed by atoms with Gasteiger partial charge < -0.3 is 19.7 Å². The fourth-order valence-electron chi connectivity index (χ4n) is 4.52. The first-order valence-electron chi connectivity index (χ1n) is 11.4. The van der Waals surface area contributed by atoms with Crippen LogP contribution in [0.5, 0.6) is 5.75 Å². The maximum Gasteiger partial charge on any atom is 0.295 e. The second-order valence-electron chi connectivity index (χ2n) is 8.77. The number of aromatic nitrogens is 2. The SMILES string of the molecule is CC(C)Oc1cccc(/C(O)=C2\C(=O)C(=O)N(Cc3cccnc3)C2c2c[nH]c3ccccc23)c1. The van der Waals surface area contributed by atoms with Gasteiger partial charge in [0.15, 0.2) is 0 Å². The van der Waals surface area contributed by atoms with Crippen LogP contribution in [0.2, 0.25) is 0 Å². The van der Waals surface area contributed by atoms with Crippen molar-refractivity contribution in [3.05, 3.63) is 102 Å². The van der Waals surface area contributed by atoms with E-state index in [0.29, 0.717) is 11.3 Å². The quantitative estimate of drug-likeness (QED) is 0.237. The van der Waals surface area contributed by atoms with Crippen molar-refractivity contribution in [2.24, 2.45) is 0 Å². The number of H-pyrrole nitrogens is 1. The number of hydrogen-bond acceptors (Lipinski definition) is 5. The molecule has 0 radical (unpaired) electrons. The summed E-state index contributed by atoms with van der Waals surface area (Å²) in [5.74, 6) is -1.06. The highest BCUT2D eigenvalue weighted by molar-refractivity contribution is 6.46. The van der Waals surface area contributed by atoms with E-state index in [9.17, 15) is 14.7 Å². The minimum atomic E-state index is -0.777. The molecule has 176 valence electrons. The number of nitrogens with zero attached hydrogens (tertiary/aromatic N) is 2. The first-order valence-corrected chi connectivity index (χ1v) is 11.4. The Morgan fingerprint density at radius 3 is 2.71 bits per heavy atom. The van der Waals surface area contributed by atoms with Crippen LogP contribution in [0, 0.1) is 0 Å². The predicted octanol–water partition coefficient (Wildman–Crippen LogP) is 4.97. The molecule has 0 bridgehead atoms. The molecule has 35 heavy (non-hydrogen) atoms. The normalized spacial score (nSPS) is 17.5. The summed E-state index contributed by atoms with van der Waals surface area (Å²) in [6, 6.07) is 17.4. The molecule has 1 amide bonds. The van der Waals surface area contributed by atoms with Crippen molar-refractivity contribution >= 4 is 28.4 Å². The largest absolute Gasteiger partial charge is 0.507 e. The van der Waals surface area contributed by atoms with Crippen LogP contribution < -0.4 is 4.74 Å². The number of amides is 1. The number of Topliss-reactive ketones (excluding diaryl/α,β-unsaturated/α-hetero) is 1. The van der Waals surface area contributed by atoms with Crippen LogP contribution in [0.15, 0.2) is 84.8 Å². The molecule has 7 nitrogen and oxygen atoms in total. The van der Waals surface area contributed by atoms with E-state index in [1.165, 1.54) is 4.90 Å². The summed E-state index contributed by atoms with van der Waals surface area (Å²) < 4.78 is 5.76. The van der Waals surface area contributed by atoms with Crippen molar-refractivity contribution in [2.45, 2.75) is 32.5 Å². The zero-order valence-electron chi connectivity index (χ0n) is 19.4. The molecule has 2 aromatic heterocycles. The van der Waals surface area contributed by atoms with E-state index in [1.807, 2.05) is 44.2 Å². The first-order chi connectivity index (χ1) is 16.9. The number of carbonyl (C=O) groups is 2. The van der Waals surface area contributed by atoms with Gasteiger partial charge in [0.05, 0.1) is 17.7 Å². The number of aromatic amines is 1. The summed E-state index contributed by atoms with van der Waals surface area (Å²) in [7, 11) is 0. The van der Waals surface area contributed by atoms with Crippen molar-refractivity contribution in [3.63, 3.8) is 0 Å². The standard InChI is InChI=1S/C28H25N3O4/c1-17(2)35-20-9-5-8-19(13-20)26(32)24-25(22-15-30-23-11-4-3-10-21(22)23)31(28(34)27(24)33)16-18-7-6-12-29-14-18/h3-15,17,25,30,32H,16H2,1-2H3/b26-24+. The number of fused-ring (bicyclic) bond motifs is 1. The van der Waals surface area contributed by atoms with E-state index in [2.05, 4.69) is 9.97 Å². The van der Waals surface area contributed by atoms with Crippen LogP contribution in [0.1, 0.15) is 36.6 Å². The topological polar surface area (TPSA) is 95.5 Å². The molecule has 7 heteroatoms. The van der Waals surface area contributed by atoms with Gasteiger partial charge in [-0.15, -0.1) is 0 Å². The number of benzene rings is 2. The Morgan fingerprint density at radius 1 is 1.11 bits per heavy atom. The van der Waals surface area contributed by atoms with Crippen molar-refractivity contribution in [3.8, 4) is 5.75 Å². The number of hydrogen-bond donors (Lipinski definition) is 2. The van der Waals surface area contributed by atoms with E-state index in [4.69, 9.17) is 4.74 Å². The molecule has 1 aliphatic heterocycles. The van der Waals surface area contributed by atoms with Crippen molar-refractivity contribution in [1.82, 2.24) is 14.9 Å². The molecule has 0 spiro atoms. The van der Waals surface area contributed by atoms with Crippen LogP contribution in [-0.2, 0) is 16.1 Å². The average molecular weight is 468 g/mol. The van der Waals surface area contributed by atoms with Gasteiger partial charge in [0.1, 0.15) is 11.5 Å². The third-order valence-electron chi connectivity index (χ3n) is 6.01. The minimum absolute atomic E-state index is 0.0466. The van der Waals surface area contributed by atoms with Crippen LogP contribution in [0.3, 0.4) is 0 Å². The smallest absolute Gasteiger partial charge is 0.295 e. The molecule has 3 heterocycles. The van der Waals surface area contributed by atoms with Crippen LogP contribution >= 0.6 is 0 Å². The highest BCUT2D eigenvalue weighted by Crippen LogP contribution is 2.42. The summed E-state index contributed by atoms with van der Waals surface area (Å²) in [4.78, 5) is 35.5. The van der Waals surface area contributed by atoms with E-state index in [-0.39, 0.29) is 24.0 Å². The van der Waals surface area contributed by atoms with E-state index < -0.39 is 17.7 Å². The molecule has 1 fully saturated rings. The number of carbonyl (C=O) groups excluding carboxylic acids is 2. The Labute approximate surface area is 202 Å². The van der Waals surface area contributed by atoms with E-state index >= 15 is 0 Å². The van der Waals surface area contributed by atoms with Gasteiger partial charge in [-0.05, 0) is 43.7 Å². The number of aliphatic hydroxyl groups is 1. The molecule has 4 aromatic rings. The summed E-state index contributed by atoms with van der Waals surface area (Å²) in [6.07, 6.45) is 5.06. The average Bonchev–Trinajstić information content (AvgIpc) is 3.38. The van der Waals surface area contributed by atoms with E-state index in [1.54, 1.807) is 48.9 Å². The second-order valence-corrected chi connectivity index (χ2v) is 8.77. The van der Waals surface area contributed by atoms with Crippen molar-refractivity contribution in [1.29, 1.82) is 0 Å². The van der Waals surface area contributed by atoms with Gasteiger partial charge in [-0.25, -0.2) is 0 Å². The number of aliphatic hydroxyl groups excluding tert-OH is 1. The Hall–Kier alpha value is -4.39. The third kappa shape index (κ3) is 4.17. The summed E-state index contributed by atoms with van der Waals surface area (Å²) >= 11 is 0. The Kier molecular flexibility index (Phi) is 5.82. The van der Waals surface area contributed by atoms with Gasteiger partial charge >= 0.3 is 0 Å². The van der Waals surface area contributed by atoms with E-state index in [0.717, 1.165) is 22.0 Å². The number of para-hydroxylation sites is 1. The fraction of sp³-hybridized carbons (Fsp3) is 0.179. The molecular weight excluding hydrogens is 442 g/mol. The molecule has 2 N–H and O–H groups in total. The number of rotatable bonds is 6. The predicted molar refractivity (Wildman–Crippen MR) is 133 cm³/mol. The lowest BCUT2D eigenvalue weighted by atomic mass is 9.94. The Bertz CT molecular complexity index is 1440. The highest BCUT2D eigenvalue weighted by Gasteiger charge is 2.46. The number of pyridine rings is 1. The molecule has 0 aliphatic carbocycles. The molecule has 1 saturated heterocycles. The van der Waals surface area contributed by atoms with Gasteiger partial charge in [-0.3, -0.25) is 14.6 Å². The summed E-state index contributed by atoms with van der Waals surface area (Å²) in [6.45, 7) is 4.00. The summed E-state index contributed by atoms with van der Waals surface area (Å²) in [5.41, 5.74) is 2.85. The molecule has 2 aromatic carbocycles.